The van der Waals surface area contributed by atoms with E-state index in [0.717, 1.165) is 11.1 Å². The highest BCUT2D eigenvalue weighted by Crippen LogP contribution is 2.66. The monoisotopic (exact) mass is 601 g/mol. The maximum atomic E-state index is 14.6. The molecule has 3 aromatic rings. The SMILES string of the molecule is Cc1cccc(Cl)c1NC(=O)C1N([C@H](CO)c2ccccc2)C(=O)[C@@H]2[C@H](C(=O)NCc3ccccc3)[C@@]3(C)OC12CC3C. The highest BCUT2D eigenvalue weighted by atomic mass is 35.5. The number of likely N-dealkylation sites (tertiary alicyclic amines) is 1. The zero-order valence-corrected chi connectivity index (χ0v) is 25.2. The molecule has 3 aromatic carbocycles. The third-order valence-electron chi connectivity index (χ3n) is 9.76. The zero-order chi connectivity index (χ0) is 30.5. The minimum absolute atomic E-state index is 0.120. The molecule has 0 radical (unpaired) electrons. The van der Waals surface area contributed by atoms with E-state index in [2.05, 4.69) is 10.6 Å². The van der Waals surface area contributed by atoms with Crippen molar-refractivity contribution in [3.8, 4) is 0 Å². The number of anilines is 1. The van der Waals surface area contributed by atoms with Crippen LogP contribution in [0.3, 0.4) is 0 Å². The van der Waals surface area contributed by atoms with Crippen LogP contribution in [0, 0.1) is 24.7 Å². The predicted molar refractivity (Wildman–Crippen MR) is 163 cm³/mol. The summed E-state index contributed by atoms with van der Waals surface area (Å²) in [7, 11) is 0. The van der Waals surface area contributed by atoms with Gasteiger partial charge in [0.15, 0.2) is 0 Å². The summed E-state index contributed by atoms with van der Waals surface area (Å²) in [5, 5.41) is 17.1. The summed E-state index contributed by atoms with van der Waals surface area (Å²) in [6, 6.07) is 22.1. The van der Waals surface area contributed by atoms with Gasteiger partial charge in [0.05, 0.1) is 40.8 Å². The van der Waals surface area contributed by atoms with E-state index in [-0.39, 0.29) is 17.7 Å². The lowest BCUT2D eigenvalue weighted by Crippen LogP contribution is -2.55. The first-order valence-corrected chi connectivity index (χ1v) is 15.1. The number of fused-ring (bicyclic) bond motifs is 1. The number of hydrogen-bond acceptors (Lipinski definition) is 5. The molecule has 0 aliphatic carbocycles. The minimum Gasteiger partial charge on any atom is -0.394 e. The summed E-state index contributed by atoms with van der Waals surface area (Å²) in [5.41, 5.74) is 0.590. The molecule has 3 N–H and O–H groups in total. The maximum Gasteiger partial charge on any atom is 0.250 e. The number of halogens is 1. The molecule has 6 rings (SSSR count). The summed E-state index contributed by atoms with van der Waals surface area (Å²) < 4.78 is 6.83. The minimum atomic E-state index is -1.28. The number of benzene rings is 3. The van der Waals surface area contributed by atoms with E-state index in [1.54, 1.807) is 12.1 Å². The lowest BCUT2D eigenvalue weighted by molar-refractivity contribution is -0.149. The Morgan fingerprint density at radius 3 is 2.37 bits per heavy atom. The van der Waals surface area contributed by atoms with Crippen LogP contribution in [0.1, 0.15) is 43.0 Å². The fraction of sp³-hybridized carbons (Fsp3) is 0.382. The van der Waals surface area contributed by atoms with Gasteiger partial charge in [-0.05, 0) is 48.9 Å². The number of para-hydroxylation sites is 1. The van der Waals surface area contributed by atoms with Gasteiger partial charge in [-0.2, -0.15) is 0 Å². The van der Waals surface area contributed by atoms with E-state index in [1.165, 1.54) is 4.90 Å². The summed E-state index contributed by atoms with van der Waals surface area (Å²) in [6.45, 7) is 5.61. The number of carbonyl (C=O) groups is 3. The molecule has 9 heteroatoms. The molecule has 3 aliphatic rings. The Morgan fingerprint density at radius 2 is 1.72 bits per heavy atom. The largest absolute Gasteiger partial charge is 0.394 e. The molecular formula is C34H36ClN3O5. The highest BCUT2D eigenvalue weighted by molar-refractivity contribution is 6.34. The first-order chi connectivity index (χ1) is 20.6. The fourth-order valence-electron chi connectivity index (χ4n) is 7.62. The van der Waals surface area contributed by atoms with Crippen LogP contribution in [0.15, 0.2) is 78.9 Å². The van der Waals surface area contributed by atoms with Gasteiger partial charge in [0.2, 0.25) is 17.7 Å². The van der Waals surface area contributed by atoms with Gasteiger partial charge in [0.1, 0.15) is 11.6 Å². The molecule has 2 bridgehead atoms. The van der Waals surface area contributed by atoms with Crippen LogP contribution in [0.4, 0.5) is 5.69 Å². The molecule has 0 aromatic heterocycles. The Kier molecular flexibility index (Phi) is 7.57. The number of aliphatic hydroxyl groups is 1. The maximum absolute atomic E-state index is 14.6. The lowest BCUT2D eigenvalue weighted by atomic mass is 9.62. The number of nitrogens with one attached hydrogen (secondary N) is 2. The van der Waals surface area contributed by atoms with E-state index in [0.29, 0.717) is 29.2 Å². The van der Waals surface area contributed by atoms with Gasteiger partial charge in [-0.15, -0.1) is 0 Å². The second-order valence-electron chi connectivity index (χ2n) is 12.2. The predicted octanol–water partition coefficient (Wildman–Crippen LogP) is 4.65. The Hall–Kier alpha value is -3.72. The Balaban J connectivity index is 1.43. The van der Waals surface area contributed by atoms with Crippen molar-refractivity contribution in [1.82, 2.24) is 10.2 Å². The average Bonchev–Trinajstić information content (AvgIpc) is 3.52. The van der Waals surface area contributed by atoms with Crippen molar-refractivity contribution in [2.45, 2.75) is 57.0 Å². The van der Waals surface area contributed by atoms with Crippen LogP contribution < -0.4 is 10.6 Å². The van der Waals surface area contributed by atoms with E-state index < -0.39 is 47.6 Å². The molecule has 0 saturated carbocycles. The number of hydrogen-bond donors (Lipinski definition) is 3. The summed E-state index contributed by atoms with van der Waals surface area (Å²) in [4.78, 5) is 44.5. The Morgan fingerprint density at radius 1 is 1.05 bits per heavy atom. The van der Waals surface area contributed by atoms with Crippen molar-refractivity contribution in [2.75, 3.05) is 11.9 Å². The molecule has 1 spiro atoms. The third-order valence-corrected chi connectivity index (χ3v) is 10.1. The molecule has 224 valence electrons. The number of carbonyl (C=O) groups excluding carboxylic acids is 3. The number of ether oxygens (including phenoxy) is 1. The van der Waals surface area contributed by atoms with Crippen LogP contribution in [-0.2, 0) is 25.7 Å². The number of aryl methyl sites for hydroxylation is 1. The molecule has 3 heterocycles. The topological polar surface area (TPSA) is 108 Å². The van der Waals surface area contributed by atoms with Crippen molar-refractivity contribution in [1.29, 1.82) is 0 Å². The van der Waals surface area contributed by atoms with Crippen LogP contribution >= 0.6 is 11.6 Å². The quantitative estimate of drug-likeness (QED) is 0.348. The normalized spacial score (nSPS) is 29.8. The van der Waals surface area contributed by atoms with E-state index in [4.69, 9.17) is 16.3 Å². The second kappa shape index (κ2) is 11.1. The fourth-order valence-corrected chi connectivity index (χ4v) is 7.89. The molecule has 3 unspecified atom stereocenters. The molecule has 3 fully saturated rings. The average molecular weight is 602 g/mol. The summed E-state index contributed by atoms with van der Waals surface area (Å²) in [5.74, 6) is -3.00. The molecule has 8 nitrogen and oxygen atoms in total. The van der Waals surface area contributed by atoms with Gasteiger partial charge >= 0.3 is 0 Å². The smallest absolute Gasteiger partial charge is 0.250 e. The zero-order valence-electron chi connectivity index (χ0n) is 24.4. The van der Waals surface area contributed by atoms with E-state index in [1.807, 2.05) is 87.5 Å². The van der Waals surface area contributed by atoms with Crippen molar-refractivity contribution >= 4 is 35.0 Å². The first-order valence-electron chi connectivity index (χ1n) is 14.7. The number of nitrogens with zero attached hydrogens (tertiary/aromatic N) is 1. The first kappa shape index (κ1) is 29.4. The number of aliphatic hydroxyl groups excluding tert-OH is 1. The molecule has 7 atom stereocenters. The number of rotatable bonds is 8. The molecule has 3 saturated heterocycles. The molecule has 3 amide bonds. The van der Waals surface area contributed by atoms with Gasteiger partial charge in [-0.25, -0.2) is 0 Å². The highest BCUT2D eigenvalue weighted by Gasteiger charge is 2.80. The Labute approximate surface area is 256 Å². The molecule has 3 aliphatic heterocycles. The summed E-state index contributed by atoms with van der Waals surface area (Å²) >= 11 is 6.50. The summed E-state index contributed by atoms with van der Waals surface area (Å²) in [6.07, 6.45) is 0.408. The van der Waals surface area contributed by atoms with Crippen LogP contribution in [0.25, 0.3) is 0 Å². The standard InChI is InChI=1S/C34H36ClN3O5/c1-20-11-10-16-24(35)28(20)37-31(41)29-34-17-21(2)33(3,43-34)26(30(40)36-18-22-12-6-4-7-13-22)27(34)32(42)38(29)25(19-39)23-14-8-5-9-15-23/h4-16,21,25-27,29,39H,17-19H2,1-3H3,(H,36,40)(H,37,41)/t21?,25-,26-,27+,29?,33+,34?/m1/s1. The van der Waals surface area contributed by atoms with E-state index in [9.17, 15) is 19.5 Å². The van der Waals surface area contributed by atoms with Crippen molar-refractivity contribution in [3.05, 3.63) is 101 Å². The van der Waals surface area contributed by atoms with Crippen molar-refractivity contribution in [3.63, 3.8) is 0 Å². The van der Waals surface area contributed by atoms with Crippen molar-refractivity contribution in [2.24, 2.45) is 17.8 Å². The van der Waals surface area contributed by atoms with Crippen LogP contribution in [0.2, 0.25) is 5.02 Å². The van der Waals surface area contributed by atoms with E-state index >= 15 is 0 Å². The van der Waals surface area contributed by atoms with Crippen LogP contribution in [-0.4, -0.2) is 51.6 Å². The van der Waals surface area contributed by atoms with Gasteiger partial charge in [0, 0.05) is 6.54 Å². The molecule has 43 heavy (non-hydrogen) atoms. The second-order valence-corrected chi connectivity index (χ2v) is 12.6. The van der Waals surface area contributed by atoms with Crippen LogP contribution in [0.5, 0.6) is 0 Å². The lowest BCUT2D eigenvalue weighted by Gasteiger charge is -2.37. The molecular weight excluding hydrogens is 566 g/mol. The Bertz CT molecular complexity index is 1530. The van der Waals surface area contributed by atoms with Gasteiger partial charge in [-0.3, -0.25) is 14.4 Å². The van der Waals surface area contributed by atoms with Gasteiger partial charge < -0.3 is 25.4 Å². The van der Waals surface area contributed by atoms with Gasteiger partial charge in [-0.1, -0.05) is 91.3 Å². The third kappa shape index (κ3) is 4.63. The van der Waals surface area contributed by atoms with Gasteiger partial charge in [0.25, 0.3) is 0 Å². The number of amides is 3. The van der Waals surface area contributed by atoms with Crippen molar-refractivity contribution < 1.29 is 24.2 Å².